The van der Waals surface area contributed by atoms with E-state index in [1.165, 1.54) is 5.56 Å². The summed E-state index contributed by atoms with van der Waals surface area (Å²) in [5, 5.41) is 2.86. The zero-order valence-electron chi connectivity index (χ0n) is 16.1. The number of ether oxygens (including phenoxy) is 1. The van der Waals surface area contributed by atoms with Gasteiger partial charge in [-0.15, -0.1) is 0 Å². The molecule has 0 spiro atoms. The summed E-state index contributed by atoms with van der Waals surface area (Å²) >= 11 is 0. The van der Waals surface area contributed by atoms with Crippen molar-refractivity contribution >= 4 is 23.2 Å². The Kier molecular flexibility index (Phi) is 5.49. The molecule has 0 aliphatic carbocycles. The van der Waals surface area contributed by atoms with Crippen LogP contribution in [0.1, 0.15) is 39.2 Å². The van der Waals surface area contributed by atoms with Crippen LogP contribution < -0.4 is 15.0 Å². The second-order valence-corrected chi connectivity index (χ2v) is 7.78. The third kappa shape index (κ3) is 4.67. The van der Waals surface area contributed by atoms with Crippen LogP contribution in [-0.2, 0) is 15.0 Å². The molecule has 1 N–H and O–H groups in total. The third-order valence-electron chi connectivity index (χ3n) is 4.63. The molecule has 0 aromatic heterocycles. The Balaban J connectivity index is 1.61. The van der Waals surface area contributed by atoms with Crippen molar-refractivity contribution in [3.05, 3.63) is 54.1 Å². The van der Waals surface area contributed by atoms with E-state index in [9.17, 15) is 9.59 Å². The van der Waals surface area contributed by atoms with Crippen molar-refractivity contribution in [3.8, 4) is 5.75 Å². The van der Waals surface area contributed by atoms with Gasteiger partial charge in [0.25, 0.3) is 5.91 Å². The molecule has 5 nitrogen and oxygen atoms in total. The molecule has 1 saturated heterocycles. The van der Waals surface area contributed by atoms with E-state index >= 15 is 0 Å². The maximum atomic E-state index is 12.3. The Labute approximate surface area is 160 Å². The van der Waals surface area contributed by atoms with Crippen molar-refractivity contribution in [2.75, 3.05) is 23.4 Å². The molecular formula is C22H26N2O3. The minimum atomic E-state index is -0.256. The highest BCUT2D eigenvalue weighted by molar-refractivity contribution is 6.02. The van der Waals surface area contributed by atoms with Crippen molar-refractivity contribution in [1.29, 1.82) is 0 Å². The number of hydrogen-bond acceptors (Lipinski definition) is 3. The number of carbonyl (C=O) groups is 2. The molecule has 0 bridgehead atoms. The number of nitrogens with zero attached hydrogens (tertiary/aromatic N) is 1. The van der Waals surface area contributed by atoms with Crippen molar-refractivity contribution in [2.45, 2.75) is 39.0 Å². The molecule has 3 rings (SSSR count). The monoisotopic (exact) mass is 366 g/mol. The molecule has 0 saturated carbocycles. The Bertz CT molecular complexity index is 822. The zero-order chi connectivity index (χ0) is 19.4. The zero-order valence-corrected chi connectivity index (χ0v) is 16.1. The summed E-state index contributed by atoms with van der Waals surface area (Å²) in [5.41, 5.74) is 2.66. The van der Waals surface area contributed by atoms with Gasteiger partial charge in [0.05, 0.1) is 11.4 Å². The van der Waals surface area contributed by atoms with E-state index in [1.807, 2.05) is 42.5 Å². The first-order valence-corrected chi connectivity index (χ1v) is 9.27. The normalized spacial score (nSPS) is 14.3. The number of amides is 2. The van der Waals surface area contributed by atoms with Crippen molar-refractivity contribution in [1.82, 2.24) is 0 Å². The van der Waals surface area contributed by atoms with Crippen LogP contribution in [0, 0.1) is 0 Å². The molecule has 2 aromatic carbocycles. The third-order valence-corrected chi connectivity index (χ3v) is 4.63. The van der Waals surface area contributed by atoms with Crippen molar-refractivity contribution in [3.63, 3.8) is 0 Å². The first kappa shape index (κ1) is 19.0. The highest BCUT2D eigenvalue weighted by atomic mass is 16.5. The summed E-state index contributed by atoms with van der Waals surface area (Å²) in [6, 6.07) is 15.1. The molecule has 27 heavy (non-hydrogen) atoms. The Morgan fingerprint density at radius 2 is 1.81 bits per heavy atom. The van der Waals surface area contributed by atoms with E-state index in [2.05, 4.69) is 26.1 Å². The van der Waals surface area contributed by atoms with Gasteiger partial charge in [0.15, 0.2) is 6.61 Å². The van der Waals surface area contributed by atoms with Crippen LogP contribution in [0.25, 0.3) is 0 Å². The van der Waals surface area contributed by atoms with Gasteiger partial charge in [-0.1, -0.05) is 45.0 Å². The summed E-state index contributed by atoms with van der Waals surface area (Å²) in [6.45, 7) is 7.05. The van der Waals surface area contributed by atoms with Gasteiger partial charge in [-0.05, 0) is 41.7 Å². The first-order valence-electron chi connectivity index (χ1n) is 9.27. The summed E-state index contributed by atoms with van der Waals surface area (Å²) in [7, 11) is 0. The number of benzene rings is 2. The summed E-state index contributed by atoms with van der Waals surface area (Å²) in [6.07, 6.45) is 1.39. The van der Waals surface area contributed by atoms with Gasteiger partial charge in [0, 0.05) is 13.0 Å². The second kappa shape index (κ2) is 7.82. The Morgan fingerprint density at radius 3 is 2.44 bits per heavy atom. The minimum absolute atomic E-state index is 0.0760. The van der Waals surface area contributed by atoms with Crippen molar-refractivity contribution < 1.29 is 14.3 Å². The van der Waals surface area contributed by atoms with E-state index in [-0.39, 0.29) is 23.8 Å². The minimum Gasteiger partial charge on any atom is -0.484 e. The lowest BCUT2D eigenvalue weighted by atomic mass is 9.87. The van der Waals surface area contributed by atoms with Crippen LogP contribution in [0.4, 0.5) is 11.4 Å². The number of rotatable bonds is 5. The number of nitrogens with one attached hydrogen (secondary N) is 1. The number of anilines is 2. The molecule has 1 fully saturated rings. The lowest BCUT2D eigenvalue weighted by molar-refractivity contribution is -0.118. The topological polar surface area (TPSA) is 58.6 Å². The van der Waals surface area contributed by atoms with Gasteiger partial charge in [0.1, 0.15) is 5.75 Å². The summed E-state index contributed by atoms with van der Waals surface area (Å²) in [4.78, 5) is 26.1. The van der Waals surface area contributed by atoms with E-state index < -0.39 is 0 Å². The lowest BCUT2D eigenvalue weighted by Gasteiger charge is -2.20. The quantitative estimate of drug-likeness (QED) is 0.866. The van der Waals surface area contributed by atoms with Crippen LogP contribution in [0.15, 0.2) is 48.5 Å². The molecule has 142 valence electrons. The van der Waals surface area contributed by atoms with Crippen LogP contribution in [0.3, 0.4) is 0 Å². The molecule has 1 aliphatic rings. The van der Waals surface area contributed by atoms with E-state index in [0.717, 1.165) is 12.1 Å². The molecular weight excluding hydrogens is 340 g/mol. The molecule has 0 radical (unpaired) electrons. The fourth-order valence-electron chi connectivity index (χ4n) is 3.10. The number of carbonyl (C=O) groups excluding carboxylic acids is 2. The summed E-state index contributed by atoms with van der Waals surface area (Å²) < 4.78 is 5.60. The van der Waals surface area contributed by atoms with Crippen LogP contribution in [0.2, 0.25) is 0 Å². The smallest absolute Gasteiger partial charge is 0.262 e. The van der Waals surface area contributed by atoms with Crippen molar-refractivity contribution in [2.24, 2.45) is 0 Å². The van der Waals surface area contributed by atoms with Gasteiger partial charge in [-0.25, -0.2) is 0 Å². The highest BCUT2D eigenvalue weighted by Gasteiger charge is 2.24. The predicted molar refractivity (Wildman–Crippen MR) is 107 cm³/mol. The fraction of sp³-hybridized carbons (Fsp3) is 0.364. The van der Waals surface area contributed by atoms with E-state index in [0.29, 0.717) is 24.4 Å². The Morgan fingerprint density at radius 1 is 1.11 bits per heavy atom. The van der Waals surface area contributed by atoms with Gasteiger partial charge in [0.2, 0.25) is 5.91 Å². The van der Waals surface area contributed by atoms with E-state index in [1.54, 1.807) is 11.0 Å². The van der Waals surface area contributed by atoms with E-state index in [4.69, 9.17) is 4.74 Å². The average molecular weight is 366 g/mol. The largest absolute Gasteiger partial charge is 0.484 e. The SMILES string of the molecule is CC(C)(C)c1ccc(OCC(=O)Nc2ccccc2N2CCCC2=O)cc1. The lowest BCUT2D eigenvalue weighted by Crippen LogP contribution is -2.26. The first-order chi connectivity index (χ1) is 12.8. The number of hydrogen-bond donors (Lipinski definition) is 1. The molecule has 1 aliphatic heterocycles. The highest BCUT2D eigenvalue weighted by Crippen LogP contribution is 2.29. The fourth-order valence-corrected chi connectivity index (χ4v) is 3.10. The molecule has 5 heteroatoms. The molecule has 0 unspecified atom stereocenters. The van der Waals surface area contributed by atoms with Gasteiger partial charge < -0.3 is 15.0 Å². The standard InChI is InChI=1S/C22H26N2O3/c1-22(2,3)16-10-12-17(13-11-16)27-15-20(25)23-18-7-4-5-8-19(18)24-14-6-9-21(24)26/h4-5,7-8,10-13H,6,9,14-15H2,1-3H3,(H,23,25). The molecule has 2 amide bonds. The van der Waals surface area contributed by atoms with Gasteiger partial charge in [-0.2, -0.15) is 0 Å². The summed E-state index contributed by atoms with van der Waals surface area (Å²) in [5.74, 6) is 0.488. The average Bonchev–Trinajstić information content (AvgIpc) is 3.06. The Hall–Kier alpha value is -2.82. The maximum Gasteiger partial charge on any atom is 0.262 e. The second-order valence-electron chi connectivity index (χ2n) is 7.78. The molecule has 0 atom stereocenters. The van der Waals surface area contributed by atoms with Crippen LogP contribution >= 0.6 is 0 Å². The maximum absolute atomic E-state index is 12.3. The van der Waals surface area contributed by atoms with Gasteiger partial charge in [-0.3, -0.25) is 9.59 Å². The molecule has 1 heterocycles. The van der Waals surface area contributed by atoms with Gasteiger partial charge >= 0.3 is 0 Å². The van der Waals surface area contributed by atoms with Crippen LogP contribution in [-0.4, -0.2) is 25.0 Å². The van der Waals surface area contributed by atoms with Crippen LogP contribution in [0.5, 0.6) is 5.75 Å². The number of para-hydroxylation sites is 2. The molecule has 2 aromatic rings. The predicted octanol–water partition coefficient (Wildman–Crippen LogP) is 4.13.